The van der Waals surface area contributed by atoms with Gasteiger partial charge in [0.15, 0.2) is 5.82 Å². The highest BCUT2D eigenvalue weighted by atomic mass is 16.5. The molecule has 3 aromatic carbocycles. The van der Waals surface area contributed by atoms with Crippen LogP contribution in [0.2, 0.25) is 0 Å². The number of imidazole rings is 1. The number of nitrogens with zero attached hydrogens (tertiary/aromatic N) is 3. The van der Waals surface area contributed by atoms with Crippen LogP contribution in [0, 0.1) is 0 Å². The first-order chi connectivity index (χ1) is 13.8. The Morgan fingerprint density at radius 2 is 1.57 bits per heavy atom. The lowest BCUT2D eigenvalue weighted by atomic mass is 10.1. The Hall–Kier alpha value is -3.79. The smallest absolute Gasteiger partial charge is 0.161 e. The van der Waals surface area contributed by atoms with Crippen molar-refractivity contribution in [1.82, 2.24) is 9.55 Å². The van der Waals surface area contributed by atoms with E-state index in [1.165, 1.54) is 0 Å². The molecular formula is C24H19N3O. The van der Waals surface area contributed by atoms with E-state index in [0.29, 0.717) is 0 Å². The standard InChI is InChI=1S/C24H19N3O/c1-17-24-25-21-10-6-7-11-22(21)26(24)16-23(18-12-14-20(28-2)15-13-18)27(17)19-8-4-3-5-9-19/h3-16H,1H2,2H3. The van der Waals surface area contributed by atoms with E-state index in [9.17, 15) is 0 Å². The fourth-order valence-electron chi connectivity index (χ4n) is 3.64. The summed E-state index contributed by atoms with van der Waals surface area (Å²) in [5.74, 6) is 1.68. The Morgan fingerprint density at radius 1 is 0.857 bits per heavy atom. The Balaban J connectivity index is 1.76. The summed E-state index contributed by atoms with van der Waals surface area (Å²) in [6.45, 7) is 4.40. The largest absolute Gasteiger partial charge is 0.497 e. The highest BCUT2D eigenvalue weighted by molar-refractivity contribution is 6.02. The second-order valence-corrected chi connectivity index (χ2v) is 6.65. The van der Waals surface area contributed by atoms with Crippen molar-refractivity contribution in [2.45, 2.75) is 0 Å². The molecule has 0 radical (unpaired) electrons. The van der Waals surface area contributed by atoms with Crippen LogP contribution in [-0.4, -0.2) is 16.7 Å². The monoisotopic (exact) mass is 365 g/mol. The lowest BCUT2D eigenvalue weighted by Crippen LogP contribution is -2.25. The molecule has 1 aromatic heterocycles. The van der Waals surface area contributed by atoms with E-state index in [-0.39, 0.29) is 0 Å². The van der Waals surface area contributed by atoms with Crippen molar-refractivity contribution in [2.75, 3.05) is 12.0 Å². The van der Waals surface area contributed by atoms with Gasteiger partial charge in [-0.3, -0.25) is 4.57 Å². The fraction of sp³-hybridized carbons (Fsp3) is 0.0417. The fourth-order valence-corrected chi connectivity index (χ4v) is 3.64. The molecule has 0 bridgehead atoms. The third-order valence-electron chi connectivity index (χ3n) is 5.02. The quantitative estimate of drug-likeness (QED) is 0.481. The van der Waals surface area contributed by atoms with Gasteiger partial charge in [-0.2, -0.15) is 0 Å². The van der Waals surface area contributed by atoms with Gasteiger partial charge in [0.2, 0.25) is 0 Å². The second-order valence-electron chi connectivity index (χ2n) is 6.65. The van der Waals surface area contributed by atoms with E-state index in [1.54, 1.807) is 7.11 Å². The van der Waals surface area contributed by atoms with Crippen LogP contribution in [0.25, 0.3) is 28.6 Å². The molecule has 0 unspecified atom stereocenters. The van der Waals surface area contributed by atoms with E-state index < -0.39 is 0 Å². The second kappa shape index (κ2) is 6.43. The maximum atomic E-state index is 5.32. The normalized spacial score (nSPS) is 13.4. The number of rotatable bonds is 3. The van der Waals surface area contributed by atoms with Gasteiger partial charge in [-0.05, 0) is 48.5 Å². The molecule has 4 heteroatoms. The minimum absolute atomic E-state index is 0.832. The molecule has 0 amide bonds. The van der Waals surface area contributed by atoms with Crippen molar-refractivity contribution in [1.29, 1.82) is 0 Å². The highest BCUT2D eigenvalue weighted by Crippen LogP contribution is 2.39. The van der Waals surface area contributed by atoms with Crippen LogP contribution in [0.4, 0.5) is 5.69 Å². The molecule has 0 N–H and O–H groups in total. The summed E-state index contributed by atoms with van der Waals surface area (Å²) in [5.41, 5.74) is 6.03. The topological polar surface area (TPSA) is 30.3 Å². The molecule has 0 aliphatic carbocycles. The highest BCUT2D eigenvalue weighted by Gasteiger charge is 2.27. The van der Waals surface area contributed by atoms with E-state index in [4.69, 9.17) is 9.72 Å². The molecule has 0 spiro atoms. The van der Waals surface area contributed by atoms with Crippen molar-refractivity contribution in [3.05, 3.63) is 96.8 Å². The van der Waals surface area contributed by atoms with Crippen LogP contribution in [0.5, 0.6) is 5.75 Å². The molecule has 28 heavy (non-hydrogen) atoms. The average Bonchev–Trinajstić information content (AvgIpc) is 3.13. The number of ether oxygens (including phenoxy) is 1. The summed E-state index contributed by atoms with van der Waals surface area (Å²) >= 11 is 0. The van der Waals surface area contributed by atoms with Crippen molar-refractivity contribution in [3.63, 3.8) is 0 Å². The Morgan fingerprint density at radius 3 is 2.32 bits per heavy atom. The summed E-state index contributed by atoms with van der Waals surface area (Å²) in [6.07, 6.45) is 2.13. The van der Waals surface area contributed by atoms with Crippen LogP contribution in [-0.2, 0) is 0 Å². The van der Waals surface area contributed by atoms with Crippen molar-refractivity contribution >= 4 is 34.3 Å². The maximum absolute atomic E-state index is 5.32. The molecule has 4 nitrogen and oxygen atoms in total. The van der Waals surface area contributed by atoms with Gasteiger partial charge in [0.05, 0.1) is 29.5 Å². The predicted octanol–water partition coefficient (Wildman–Crippen LogP) is 5.49. The number of anilines is 1. The molecule has 5 rings (SSSR count). The van der Waals surface area contributed by atoms with Gasteiger partial charge in [0, 0.05) is 17.5 Å². The summed E-state index contributed by atoms with van der Waals surface area (Å²) in [6, 6.07) is 26.5. The molecule has 0 saturated carbocycles. The first kappa shape index (κ1) is 16.4. The molecule has 0 atom stereocenters. The molecule has 4 aromatic rings. The maximum Gasteiger partial charge on any atom is 0.161 e. The number of benzene rings is 3. The molecule has 0 fully saturated rings. The van der Waals surface area contributed by atoms with E-state index >= 15 is 0 Å². The van der Waals surface area contributed by atoms with Gasteiger partial charge in [0.1, 0.15) is 5.75 Å². The van der Waals surface area contributed by atoms with Crippen LogP contribution < -0.4 is 9.64 Å². The number of aromatic nitrogens is 2. The van der Waals surface area contributed by atoms with E-state index in [0.717, 1.165) is 45.3 Å². The van der Waals surface area contributed by atoms with Gasteiger partial charge in [-0.25, -0.2) is 4.98 Å². The predicted molar refractivity (Wildman–Crippen MR) is 115 cm³/mol. The SMILES string of the molecule is C=C1c2nc3ccccc3n2C=C(c2ccc(OC)cc2)N1c1ccccc1. The molecule has 1 aliphatic rings. The summed E-state index contributed by atoms with van der Waals surface area (Å²) in [4.78, 5) is 6.98. The summed E-state index contributed by atoms with van der Waals surface area (Å²) in [5, 5.41) is 0. The van der Waals surface area contributed by atoms with Crippen molar-refractivity contribution < 1.29 is 4.74 Å². The van der Waals surface area contributed by atoms with Crippen molar-refractivity contribution in [3.8, 4) is 5.75 Å². The summed E-state index contributed by atoms with van der Waals surface area (Å²) < 4.78 is 7.45. The molecule has 0 saturated heterocycles. The number of fused-ring (bicyclic) bond motifs is 3. The lowest BCUT2D eigenvalue weighted by molar-refractivity contribution is 0.415. The van der Waals surface area contributed by atoms with Crippen molar-refractivity contribution in [2.24, 2.45) is 0 Å². The zero-order valence-corrected chi connectivity index (χ0v) is 15.5. The van der Waals surface area contributed by atoms with Crippen LogP contribution in [0.1, 0.15) is 11.4 Å². The molecule has 1 aliphatic heterocycles. The molecule has 2 heterocycles. The first-order valence-corrected chi connectivity index (χ1v) is 9.14. The van der Waals surface area contributed by atoms with Crippen LogP contribution >= 0.6 is 0 Å². The van der Waals surface area contributed by atoms with E-state index in [1.807, 2.05) is 48.5 Å². The van der Waals surface area contributed by atoms with Gasteiger partial charge in [-0.15, -0.1) is 0 Å². The minimum Gasteiger partial charge on any atom is -0.497 e. The van der Waals surface area contributed by atoms with Crippen LogP contribution in [0.15, 0.2) is 85.4 Å². The lowest BCUT2D eigenvalue weighted by Gasteiger charge is -2.32. The van der Waals surface area contributed by atoms with Crippen LogP contribution in [0.3, 0.4) is 0 Å². The number of hydrogen-bond donors (Lipinski definition) is 0. The van der Waals surface area contributed by atoms with Gasteiger partial charge in [0.25, 0.3) is 0 Å². The third-order valence-corrected chi connectivity index (χ3v) is 5.02. The Labute approximate surface area is 163 Å². The van der Waals surface area contributed by atoms with Gasteiger partial charge < -0.3 is 9.64 Å². The average molecular weight is 365 g/mol. The number of hydrogen-bond acceptors (Lipinski definition) is 3. The van der Waals surface area contributed by atoms with E-state index in [2.05, 4.69) is 52.6 Å². The first-order valence-electron chi connectivity index (χ1n) is 9.14. The third kappa shape index (κ3) is 2.50. The van der Waals surface area contributed by atoms with Gasteiger partial charge in [-0.1, -0.05) is 36.9 Å². The molecular weight excluding hydrogens is 346 g/mol. The molecule has 136 valence electrons. The van der Waals surface area contributed by atoms with Gasteiger partial charge >= 0.3 is 0 Å². The Kier molecular flexibility index (Phi) is 3.76. The summed E-state index contributed by atoms with van der Waals surface area (Å²) in [7, 11) is 1.68. The zero-order chi connectivity index (χ0) is 19.1. The minimum atomic E-state index is 0.832. The number of methoxy groups -OCH3 is 1. The number of para-hydroxylation sites is 3. The zero-order valence-electron chi connectivity index (χ0n) is 15.5. The Bertz CT molecular complexity index is 1200.